The van der Waals surface area contributed by atoms with Crippen LogP contribution in [0, 0.1) is 5.41 Å². The summed E-state index contributed by atoms with van der Waals surface area (Å²) >= 11 is 0. The molecule has 0 saturated carbocycles. The lowest BCUT2D eigenvalue weighted by Crippen LogP contribution is -2.55. The average molecular weight is 348 g/mol. The number of nitrogens with zero attached hydrogens (tertiary/aromatic N) is 3. The number of hydrogen-bond acceptors (Lipinski definition) is 4. The lowest BCUT2D eigenvalue weighted by molar-refractivity contribution is -0.139. The largest absolute Gasteiger partial charge is 0.449 e. The fourth-order valence-electron chi connectivity index (χ4n) is 3.96. The molecule has 0 aliphatic carbocycles. The second-order valence-corrected chi connectivity index (χ2v) is 7.28. The Morgan fingerprint density at radius 1 is 1.40 bits per heavy atom. The third-order valence-electron chi connectivity index (χ3n) is 5.30. The molecule has 138 valence electrons. The van der Waals surface area contributed by atoms with Crippen molar-refractivity contribution in [1.29, 1.82) is 0 Å². The summed E-state index contributed by atoms with van der Waals surface area (Å²) in [7, 11) is 0. The highest BCUT2D eigenvalue weighted by Gasteiger charge is 2.42. The van der Waals surface area contributed by atoms with Crippen molar-refractivity contribution in [3.05, 3.63) is 18.2 Å². The SMILES string of the molecule is CCCOC(=O)N1CCC[C@]2(CCC(=O)N(CCc3cnc[nH]3)C2)C1. The van der Waals surface area contributed by atoms with E-state index in [1.54, 1.807) is 12.5 Å². The van der Waals surface area contributed by atoms with E-state index in [-0.39, 0.29) is 17.4 Å². The molecule has 0 unspecified atom stereocenters. The monoisotopic (exact) mass is 348 g/mol. The first-order valence-corrected chi connectivity index (χ1v) is 9.29. The van der Waals surface area contributed by atoms with Crippen LogP contribution >= 0.6 is 0 Å². The van der Waals surface area contributed by atoms with E-state index in [0.29, 0.717) is 26.1 Å². The van der Waals surface area contributed by atoms with Crippen LogP contribution in [0.2, 0.25) is 0 Å². The molecule has 2 saturated heterocycles. The van der Waals surface area contributed by atoms with Crippen LogP contribution in [-0.4, -0.2) is 64.6 Å². The molecular formula is C18H28N4O3. The van der Waals surface area contributed by atoms with Gasteiger partial charge in [-0.2, -0.15) is 0 Å². The summed E-state index contributed by atoms with van der Waals surface area (Å²) in [4.78, 5) is 35.5. The maximum atomic E-state index is 12.3. The number of carbonyl (C=O) groups excluding carboxylic acids is 2. The van der Waals surface area contributed by atoms with Gasteiger partial charge < -0.3 is 19.5 Å². The molecule has 1 aromatic rings. The molecule has 0 bridgehead atoms. The van der Waals surface area contributed by atoms with Crippen molar-refractivity contribution in [2.75, 3.05) is 32.8 Å². The van der Waals surface area contributed by atoms with Crippen LogP contribution in [0.3, 0.4) is 0 Å². The Morgan fingerprint density at radius 2 is 2.28 bits per heavy atom. The lowest BCUT2D eigenvalue weighted by Gasteiger charge is -2.47. The van der Waals surface area contributed by atoms with Gasteiger partial charge in [0.05, 0.1) is 12.9 Å². The van der Waals surface area contributed by atoms with Gasteiger partial charge in [-0.05, 0) is 25.7 Å². The van der Waals surface area contributed by atoms with Gasteiger partial charge in [-0.25, -0.2) is 9.78 Å². The molecule has 0 aromatic carbocycles. The van der Waals surface area contributed by atoms with Crippen LogP contribution in [0.4, 0.5) is 4.79 Å². The van der Waals surface area contributed by atoms with Crippen LogP contribution in [0.25, 0.3) is 0 Å². The molecule has 25 heavy (non-hydrogen) atoms. The molecule has 0 radical (unpaired) electrons. The predicted octanol–water partition coefficient (Wildman–Crippen LogP) is 2.20. The Morgan fingerprint density at radius 3 is 3.04 bits per heavy atom. The van der Waals surface area contributed by atoms with Crippen molar-refractivity contribution in [3.8, 4) is 0 Å². The lowest BCUT2D eigenvalue weighted by atomic mass is 9.73. The first-order chi connectivity index (χ1) is 12.1. The molecule has 1 aromatic heterocycles. The molecule has 1 spiro atoms. The van der Waals surface area contributed by atoms with E-state index in [4.69, 9.17) is 4.74 Å². The van der Waals surface area contributed by atoms with Crippen LogP contribution in [0.1, 0.15) is 44.7 Å². The van der Waals surface area contributed by atoms with E-state index in [0.717, 1.165) is 50.9 Å². The van der Waals surface area contributed by atoms with E-state index >= 15 is 0 Å². The first kappa shape index (κ1) is 17.8. The summed E-state index contributed by atoms with van der Waals surface area (Å²) in [5.74, 6) is 0.218. The van der Waals surface area contributed by atoms with E-state index < -0.39 is 0 Å². The number of carbonyl (C=O) groups is 2. The number of amides is 2. The minimum Gasteiger partial charge on any atom is -0.449 e. The summed E-state index contributed by atoms with van der Waals surface area (Å²) in [5.41, 5.74) is 1.06. The number of imidazole rings is 1. The van der Waals surface area contributed by atoms with Gasteiger partial charge in [-0.1, -0.05) is 6.92 Å². The van der Waals surface area contributed by atoms with Crippen molar-refractivity contribution < 1.29 is 14.3 Å². The van der Waals surface area contributed by atoms with Crippen LogP contribution in [0.5, 0.6) is 0 Å². The number of aromatic amines is 1. The number of aromatic nitrogens is 2. The molecule has 1 N–H and O–H groups in total. The van der Waals surface area contributed by atoms with E-state index in [9.17, 15) is 9.59 Å². The van der Waals surface area contributed by atoms with Gasteiger partial charge in [-0.3, -0.25) is 4.79 Å². The second-order valence-electron chi connectivity index (χ2n) is 7.28. The standard InChI is InChI=1S/C18H28N4O3/c1-2-10-25-17(24)22-8-3-6-18(13-22)7-4-16(23)21(12-18)9-5-15-11-19-14-20-15/h11,14H,2-10,12-13H2,1H3,(H,19,20)/t18-/m1/s1. The van der Waals surface area contributed by atoms with Crippen molar-refractivity contribution in [1.82, 2.24) is 19.8 Å². The normalized spacial score (nSPS) is 24.0. The highest BCUT2D eigenvalue weighted by molar-refractivity contribution is 5.77. The van der Waals surface area contributed by atoms with E-state index in [1.165, 1.54) is 0 Å². The smallest absolute Gasteiger partial charge is 0.409 e. The number of nitrogens with one attached hydrogen (secondary N) is 1. The second kappa shape index (κ2) is 7.89. The average Bonchev–Trinajstić information content (AvgIpc) is 3.14. The van der Waals surface area contributed by atoms with Crippen LogP contribution < -0.4 is 0 Å². The summed E-state index contributed by atoms with van der Waals surface area (Å²) in [6, 6.07) is 0. The van der Waals surface area contributed by atoms with Gasteiger partial charge >= 0.3 is 6.09 Å². The molecule has 2 aliphatic rings. The number of piperidine rings is 2. The zero-order chi connectivity index (χ0) is 17.7. The van der Waals surface area contributed by atoms with Gasteiger partial charge in [-0.15, -0.1) is 0 Å². The zero-order valence-corrected chi connectivity index (χ0v) is 15.0. The van der Waals surface area contributed by atoms with Gasteiger partial charge in [0.2, 0.25) is 5.91 Å². The Bertz CT molecular complexity index is 589. The highest BCUT2D eigenvalue weighted by atomic mass is 16.6. The number of hydrogen-bond donors (Lipinski definition) is 1. The maximum absolute atomic E-state index is 12.3. The molecule has 2 fully saturated rings. The maximum Gasteiger partial charge on any atom is 0.409 e. The molecule has 2 aliphatic heterocycles. The zero-order valence-electron chi connectivity index (χ0n) is 15.0. The van der Waals surface area contributed by atoms with Gasteiger partial charge in [0, 0.05) is 56.3 Å². The third kappa shape index (κ3) is 4.32. The Kier molecular flexibility index (Phi) is 5.60. The Balaban J connectivity index is 1.60. The summed E-state index contributed by atoms with van der Waals surface area (Å²) in [6.45, 7) is 5.35. The number of rotatable bonds is 5. The van der Waals surface area contributed by atoms with Gasteiger partial charge in [0.25, 0.3) is 0 Å². The molecule has 3 heterocycles. The molecule has 1 atom stereocenters. The molecule has 3 rings (SSSR count). The van der Waals surface area contributed by atoms with E-state index in [1.807, 2.05) is 16.7 Å². The molecule has 7 heteroatoms. The molecule has 7 nitrogen and oxygen atoms in total. The number of H-pyrrole nitrogens is 1. The van der Waals surface area contributed by atoms with E-state index in [2.05, 4.69) is 9.97 Å². The Hall–Kier alpha value is -2.05. The number of likely N-dealkylation sites (tertiary alicyclic amines) is 2. The van der Waals surface area contributed by atoms with Crippen molar-refractivity contribution in [3.63, 3.8) is 0 Å². The quantitative estimate of drug-likeness (QED) is 0.885. The summed E-state index contributed by atoms with van der Waals surface area (Å²) < 4.78 is 5.30. The predicted molar refractivity (Wildman–Crippen MR) is 93.0 cm³/mol. The summed E-state index contributed by atoms with van der Waals surface area (Å²) in [5, 5.41) is 0. The first-order valence-electron chi connectivity index (χ1n) is 9.29. The molecular weight excluding hydrogens is 320 g/mol. The summed E-state index contributed by atoms with van der Waals surface area (Å²) in [6.07, 6.45) is 8.35. The fraction of sp³-hybridized carbons (Fsp3) is 0.722. The van der Waals surface area contributed by atoms with Crippen LogP contribution in [0.15, 0.2) is 12.5 Å². The van der Waals surface area contributed by atoms with Crippen LogP contribution in [-0.2, 0) is 16.0 Å². The third-order valence-corrected chi connectivity index (χ3v) is 5.30. The Labute approximate surface area is 148 Å². The van der Waals surface area contributed by atoms with Crippen molar-refractivity contribution >= 4 is 12.0 Å². The van der Waals surface area contributed by atoms with Gasteiger partial charge in [0.15, 0.2) is 0 Å². The van der Waals surface area contributed by atoms with Crippen molar-refractivity contribution in [2.24, 2.45) is 5.41 Å². The highest BCUT2D eigenvalue weighted by Crippen LogP contribution is 2.39. The number of ether oxygens (including phenoxy) is 1. The fourth-order valence-corrected chi connectivity index (χ4v) is 3.96. The van der Waals surface area contributed by atoms with Crippen molar-refractivity contribution in [2.45, 2.75) is 45.4 Å². The minimum absolute atomic E-state index is 0.0192. The molecule has 2 amide bonds. The minimum atomic E-state index is -0.207. The topological polar surface area (TPSA) is 78.5 Å². The van der Waals surface area contributed by atoms with Gasteiger partial charge in [0.1, 0.15) is 0 Å².